The van der Waals surface area contributed by atoms with Gasteiger partial charge in [0.1, 0.15) is 5.82 Å². The van der Waals surface area contributed by atoms with E-state index in [0.29, 0.717) is 5.41 Å². The Labute approximate surface area is 142 Å². The van der Waals surface area contributed by atoms with E-state index in [2.05, 4.69) is 19.8 Å². The monoisotopic (exact) mass is 326 g/mol. The number of hydrogen-bond donors (Lipinski definition) is 0. The second kappa shape index (κ2) is 6.48. The van der Waals surface area contributed by atoms with Gasteiger partial charge in [0, 0.05) is 44.0 Å². The lowest BCUT2D eigenvalue weighted by molar-refractivity contribution is 0.215. The van der Waals surface area contributed by atoms with Crippen LogP contribution in [0.15, 0.2) is 42.7 Å². The van der Waals surface area contributed by atoms with E-state index in [-0.39, 0.29) is 5.82 Å². The maximum Gasteiger partial charge on any atom is 0.225 e. The Morgan fingerprint density at radius 2 is 1.92 bits per heavy atom. The summed E-state index contributed by atoms with van der Waals surface area (Å²) < 4.78 is 13.4. The highest BCUT2D eigenvalue weighted by Gasteiger charge is 2.41. The summed E-state index contributed by atoms with van der Waals surface area (Å²) in [5.74, 6) is 0.701. The van der Waals surface area contributed by atoms with Crippen LogP contribution in [-0.4, -0.2) is 41.0 Å². The number of anilines is 1. The molecule has 0 N–H and O–H groups in total. The van der Waals surface area contributed by atoms with E-state index in [4.69, 9.17) is 0 Å². The number of piperidine rings is 1. The van der Waals surface area contributed by atoms with Crippen molar-refractivity contribution in [2.45, 2.75) is 25.8 Å². The Kier molecular flexibility index (Phi) is 4.19. The maximum atomic E-state index is 13.4. The molecule has 24 heavy (non-hydrogen) atoms. The van der Waals surface area contributed by atoms with Gasteiger partial charge in [0.15, 0.2) is 0 Å². The molecule has 1 atom stereocenters. The van der Waals surface area contributed by atoms with Crippen molar-refractivity contribution in [3.05, 3.63) is 54.1 Å². The molecule has 2 fully saturated rings. The number of nitrogens with zero attached hydrogens (tertiary/aromatic N) is 4. The van der Waals surface area contributed by atoms with Crippen molar-refractivity contribution in [2.75, 3.05) is 31.1 Å². The number of aromatic nitrogens is 2. The fourth-order valence-corrected chi connectivity index (χ4v) is 4.22. The molecule has 2 aliphatic heterocycles. The lowest BCUT2D eigenvalue weighted by atomic mass is 9.79. The average Bonchev–Trinajstić information content (AvgIpc) is 2.97. The maximum absolute atomic E-state index is 13.4. The Morgan fingerprint density at radius 3 is 2.75 bits per heavy atom. The Morgan fingerprint density at radius 1 is 1.04 bits per heavy atom. The Hall–Kier alpha value is -2.01. The van der Waals surface area contributed by atoms with Crippen LogP contribution in [0.1, 0.15) is 24.8 Å². The SMILES string of the molecule is Fc1cccc(CN2CCC3(CCCN(c4ncccn4)C3)C2)c1. The number of hydrogen-bond acceptors (Lipinski definition) is 4. The van der Waals surface area contributed by atoms with Gasteiger partial charge in [-0.05, 0) is 49.6 Å². The van der Waals surface area contributed by atoms with Crippen LogP contribution < -0.4 is 4.90 Å². The fraction of sp³-hybridized carbons (Fsp3) is 0.474. The Balaban J connectivity index is 1.43. The molecular weight excluding hydrogens is 303 g/mol. The van der Waals surface area contributed by atoms with Crippen LogP contribution in [0.3, 0.4) is 0 Å². The number of benzene rings is 1. The molecule has 1 spiro atoms. The molecule has 1 unspecified atom stereocenters. The van der Waals surface area contributed by atoms with E-state index in [1.165, 1.54) is 25.3 Å². The molecule has 3 heterocycles. The Bertz CT molecular complexity index is 693. The fourth-order valence-electron chi connectivity index (χ4n) is 4.22. The predicted molar refractivity (Wildman–Crippen MR) is 92.2 cm³/mol. The summed E-state index contributed by atoms with van der Waals surface area (Å²) >= 11 is 0. The lowest BCUT2D eigenvalue weighted by Gasteiger charge is -2.40. The molecule has 2 aliphatic rings. The van der Waals surface area contributed by atoms with Crippen molar-refractivity contribution >= 4 is 5.95 Å². The number of rotatable bonds is 3. The molecule has 1 aromatic carbocycles. The molecule has 0 saturated carbocycles. The van der Waals surface area contributed by atoms with Gasteiger partial charge in [-0.15, -0.1) is 0 Å². The van der Waals surface area contributed by atoms with Crippen LogP contribution in [0.2, 0.25) is 0 Å². The van der Waals surface area contributed by atoms with Crippen LogP contribution in [0.5, 0.6) is 0 Å². The average molecular weight is 326 g/mol. The van der Waals surface area contributed by atoms with Crippen molar-refractivity contribution in [2.24, 2.45) is 5.41 Å². The normalized spacial score (nSPS) is 24.6. The molecule has 0 amide bonds. The van der Waals surface area contributed by atoms with E-state index >= 15 is 0 Å². The lowest BCUT2D eigenvalue weighted by Crippen LogP contribution is -2.45. The van der Waals surface area contributed by atoms with Gasteiger partial charge in [-0.2, -0.15) is 0 Å². The minimum Gasteiger partial charge on any atom is -0.340 e. The molecule has 4 nitrogen and oxygen atoms in total. The summed E-state index contributed by atoms with van der Waals surface area (Å²) in [6, 6.07) is 8.83. The van der Waals surface area contributed by atoms with Crippen molar-refractivity contribution in [1.29, 1.82) is 0 Å². The van der Waals surface area contributed by atoms with Crippen molar-refractivity contribution in [1.82, 2.24) is 14.9 Å². The van der Waals surface area contributed by atoms with Crippen LogP contribution in [0.4, 0.5) is 10.3 Å². The molecule has 4 rings (SSSR count). The van der Waals surface area contributed by atoms with Gasteiger partial charge in [-0.1, -0.05) is 12.1 Å². The van der Waals surface area contributed by atoms with E-state index < -0.39 is 0 Å². The van der Waals surface area contributed by atoms with Gasteiger partial charge in [0.05, 0.1) is 0 Å². The zero-order valence-electron chi connectivity index (χ0n) is 13.9. The highest BCUT2D eigenvalue weighted by Crippen LogP contribution is 2.40. The first-order valence-electron chi connectivity index (χ1n) is 8.71. The summed E-state index contributed by atoms with van der Waals surface area (Å²) in [6.45, 7) is 5.06. The summed E-state index contributed by atoms with van der Waals surface area (Å²) in [5, 5.41) is 0. The molecule has 2 aromatic rings. The quantitative estimate of drug-likeness (QED) is 0.867. The summed E-state index contributed by atoms with van der Waals surface area (Å²) in [5.41, 5.74) is 1.39. The van der Waals surface area contributed by atoms with Crippen molar-refractivity contribution in [3.8, 4) is 0 Å². The molecule has 5 heteroatoms. The molecule has 0 bridgehead atoms. The molecule has 0 aliphatic carbocycles. The summed E-state index contributed by atoms with van der Waals surface area (Å²) in [4.78, 5) is 13.6. The topological polar surface area (TPSA) is 32.3 Å². The van der Waals surface area contributed by atoms with Gasteiger partial charge >= 0.3 is 0 Å². The van der Waals surface area contributed by atoms with E-state index in [0.717, 1.165) is 44.2 Å². The predicted octanol–water partition coefficient (Wildman–Crippen LogP) is 3.11. The molecule has 126 valence electrons. The second-order valence-corrected chi connectivity index (χ2v) is 7.16. The third kappa shape index (κ3) is 3.26. The van der Waals surface area contributed by atoms with Gasteiger partial charge < -0.3 is 4.90 Å². The molecule has 1 aromatic heterocycles. The van der Waals surface area contributed by atoms with Crippen LogP contribution >= 0.6 is 0 Å². The first kappa shape index (κ1) is 15.5. The van der Waals surface area contributed by atoms with Crippen molar-refractivity contribution < 1.29 is 4.39 Å². The zero-order chi connectivity index (χ0) is 16.4. The first-order chi connectivity index (χ1) is 11.7. The molecule has 2 saturated heterocycles. The minimum absolute atomic E-state index is 0.147. The smallest absolute Gasteiger partial charge is 0.225 e. The third-order valence-electron chi connectivity index (χ3n) is 5.31. The third-order valence-corrected chi connectivity index (χ3v) is 5.31. The van der Waals surface area contributed by atoms with Gasteiger partial charge in [-0.3, -0.25) is 4.90 Å². The van der Waals surface area contributed by atoms with E-state index in [1.807, 2.05) is 24.5 Å². The van der Waals surface area contributed by atoms with Gasteiger partial charge in [0.2, 0.25) is 5.95 Å². The van der Waals surface area contributed by atoms with Crippen LogP contribution in [-0.2, 0) is 6.54 Å². The number of halogens is 1. The summed E-state index contributed by atoms with van der Waals surface area (Å²) in [7, 11) is 0. The van der Waals surface area contributed by atoms with Crippen molar-refractivity contribution in [3.63, 3.8) is 0 Å². The second-order valence-electron chi connectivity index (χ2n) is 7.16. The van der Waals surface area contributed by atoms with Crippen LogP contribution in [0.25, 0.3) is 0 Å². The summed E-state index contributed by atoms with van der Waals surface area (Å²) in [6.07, 6.45) is 7.27. The minimum atomic E-state index is -0.147. The van der Waals surface area contributed by atoms with E-state index in [1.54, 1.807) is 12.1 Å². The first-order valence-corrected chi connectivity index (χ1v) is 8.71. The standard InChI is InChI=1S/C19H23FN4/c20-17-5-1-4-16(12-17)13-23-11-7-19(14-23)6-2-10-24(15-19)18-21-8-3-9-22-18/h1,3-5,8-9,12H,2,6-7,10-11,13-15H2. The van der Waals surface area contributed by atoms with E-state index in [9.17, 15) is 4.39 Å². The van der Waals surface area contributed by atoms with Crippen LogP contribution in [0, 0.1) is 11.2 Å². The zero-order valence-corrected chi connectivity index (χ0v) is 13.9. The highest BCUT2D eigenvalue weighted by atomic mass is 19.1. The largest absolute Gasteiger partial charge is 0.340 e. The molecule has 0 radical (unpaired) electrons. The van der Waals surface area contributed by atoms with Gasteiger partial charge in [0.25, 0.3) is 0 Å². The van der Waals surface area contributed by atoms with Gasteiger partial charge in [-0.25, -0.2) is 14.4 Å². The number of likely N-dealkylation sites (tertiary alicyclic amines) is 1. The molecular formula is C19H23FN4. The highest BCUT2D eigenvalue weighted by molar-refractivity contribution is 5.30.